The number of aliphatic hydroxyl groups excluding tert-OH is 1. The number of nitrogens with one attached hydrogen (secondary N) is 1. The van der Waals surface area contributed by atoms with E-state index in [1.165, 1.54) is 13.3 Å². The summed E-state index contributed by atoms with van der Waals surface area (Å²) < 4.78 is 0. The summed E-state index contributed by atoms with van der Waals surface area (Å²) in [7, 11) is 0. The minimum atomic E-state index is -1.20. The normalized spacial score (nSPS) is 14.4. The van der Waals surface area contributed by atoms with Crippen LogP contribution >= 0.6 is 0 Å². The molecule has 0 radical (unpaired) electrons. The van der Waals surface area contributed by atoms with Crippen molar-refractivity contribution in [3.05, 3.63) is 24.5 Å². The average Bonchev–Trinajstić information content (AvgIpc) is 2.36. The first-order chi connectivity index (χ1) is 8.52. The SMILES string of the molecule is CC(O)(CO)CNc1ncnc2ccc(N)cc12. The molecule has 0 saturated carbocycles. The van der Waals surface area contributed by atoms with E-state index in [9.17, 15) is 5.11 Å². The van der Waals surface area contributed by atoms with Crippen LogP contribution in [0.3, 0.4) is 0 Å². The molecule has 1 heterocycles. The summed E-state index contributed by atoms with van der Waals surface area (Å²) in [6.07, 6.45) is 1.44. The fraction of sp³-hybridized carbons (Fsp3) is 0.333. The van der Waals surface area contributed by atoms with Crippen LogP contribution in [0.5, 0.6) is 0 Å². The third-order valence-corrected chi connectivity index (χ3v) is 2.64. The molecule has 0 bridgehead atoms. The summed E-state index contributed by atoms with van der Waals surface area (Å²) in [5, 5.41) is 22.5. The number of anilines is 2. The molecule has 0 aliphatic carbocycles. The van der Waals surface area contributed by atoms with E-state index in [1.807, 2.05) is 6.07 Å². The van der Waals surface area contributed by atoms with Crippen molar-refractivity contribution in [2.45, 2.75) is 12.5 Å². The van der Waals surface area contributed by atoms with Crippen LogP contribution in [0.4, 0.5) is 11.5 Å². The lowest BCUT2D eigenvalue weighted by Crippen LogP contribution is -2.37. The number of nitrogens with zero attached hydrogens (tertiary/aromatic N) is 2. The van der Waals surface area contributed by atoms with Gasteiger partial charge in [0.1, 0.15) is 17.7 Å². The standard InChI is InChI=1S/C12H16N4O2/c1-12(18,6-17)5-14-11-9-4-8(13)2-3-10(9)15-7-16-11/h2-4,7,17-18H,5-6,13H2,1H3,(H,14,15,16). The first kappa shape index (κ1) is 12.5. The largest absolute Gasteiger partial charge is 0.399 e. The summed E-state index contributed by atoms with van der Waals surface area (Å²) in [6, 6.07) is 5.34. The number of fused-ring (bicyclic) bond motifs is 1. The summed E-state index contributed by atoms with van der Waals surface area (Å²) in [4.78, 5) is 8.24. The molecule has 6 heteroatoms. The van der Waals surface area contributed by atoms with Crippen LogP contribution in [0.25, 0.3) is 10.9 Å². The van der Waals surface area contributed by atoms with E-state index in [4.69, 9.17) is 10.8 Å². The predicted molar refractivity (Wildman–Crippen MR) is 70.1 cm³/mol. The van der Waals surface area contributed by atoms with Crippen molar-refractivity contribution in [3.8, 4) is 0 Å². The lowest BCUT2D eigenvalue weighted by molar-refractivity contribution is 0.0132. The van der Waals surface area contributed by atoms with Gasteiger partial charge in [-0.2, -0.15) is 0 Å². The van der Waals surface area contributed by atoms with Gasteiger partial charge >= 0.3 is 0 Å². The molecule has 18 heavy (non-hydrogen) atoms. The second-order valence-electron chi connectivity index (χ2n) is 4.51. The van der Waals surface area contributed by atoms with Gasteiger partial charge in [0.25, 0.3) is 0 Å². The Morgan fingerprint density at radius 1 is 1.39 bits per heavy atom. The molecule has 5 N–H and O–H groups in total. The van der Waals surface area contributed by atoms with Crippen LogP contribution in [-0.4, -0.2) is 38.9 Å². The number of nitrogens with two attached hydrogens (primary N) is 1. The van der Waals surface area contributed by atoms with Gasteiger partial charge < -0.3 is 21.3 Å². The van der Waals surface area contributed by atoms with Gasteiger partial charge in [0.15, 0.2) is 0 Å². The second kappa shape index (κ2) is 4.75. The van der Waals surface area contributed by atoms with Gasteiger partial charge in [0.2, 0.25) is 0 Å². The van der Waals surface area contributed by atoms with Gasteiger partial charge in [-0.05, 0) is 25.1 Å². The van der Waals surface area contributed by atoms with E-state index >= 15 is 0 Å². The fourth-order valence-corrected chi connectivity index (χ4v) is 1.55. The monoisotopic (exact) mass is 248 g/mol. The van der Waals surface area contributed by atoms with Gasteiger partial charge in [-0.25, -0.2) is 9.97 Å². The molecule has 1 atom stereocenters. The van der Waals surface area contributed by atoms with E-state index in [0.717, 1.165) is 10.9 Å². The van der Waals surface area contributed by atoms with Crippen molar-refractivity contribution in [3.63, 3.8) is 0 Å². The highest BCUT2D eigenvalue weighted by Gasteiger charge is 2.19. The van der Waals surface area contributed by atoms with Gasteiger partial charge in [0.05, 0.1) is 12.1 Å². The summed E-state index contributed by atoms with van der Waals surface area (Å²) >= 11 is 0. The van der Waals surface area contributed by atoms with Gasteiger partial charge in [0, 0.05) is 17.6 Å². The van der Waals surface area contributed by atoms with Crippen molar-refractivity contribution in [2.75, 3.05) is 24.2 Å². The highest BCUT2D eigenvalue weighted by Crippen LogP contribution is 2.21. The molecule has 0 fully saturated rings. The number of aromatic nitrogens is 2. The fourth-order valence-electron chi connectivity index (χ4n) is 1.55. The van der Waals surface area contributed by atoms with Crippen LogP contribution in [0.1, 0.15) is 6.92 Å². The topological polar surface area (TPSA) is 104 Å². The summed E-state index contributed by atoms with van der Waals surface area (Å²) in [5.41, 5.74) is 5.92. The average molecular weight is 248 g/mol. The quantitative estimate of drug-likeness (QED) is 0.583. The van der Waals surface area contributed by atoms with E-state index < -0.39 is 5.60 Å². The van der Waals surface area contributed by atoms with Crippen molar-refractivity contribution >= 4 is 22.4 Å². The molecular weight excluding hydrogens is 232 g/mol. The second-order valence-corrected chi connectivity index (χ2v) is 4.51. The number of hydrogen-bond acceptors (Lipinski definition) is 6. The number of rotatable bonds is 4. The minimum Gasteiger partial charge on any atom is -0.399 e. The Bertz CT molecular complexity index is 557. The van der Waals surface area contributed by atoms with Crippen LogP contribution in [-0.2, 0) is 0 Å². The number of benzene rings is 1. The van der Waals surface area contributed by atoms with Crippen molar-refractivity contribution in [2.24, 2.45) is 0 Å². The Morgan fingerprint density at radius 2 is 2.17 bits per heavy atom. The summed E-state index contributed by atoms with van der Waals surface area (Å²) in [5.74, 6) is 0.584. The zero-order chi connectivity index (χ0) is 13.2. The van der Waals surface area contributed by atoms with Crippen LogP contribution < -0.4 is 11.1 Å². The Hall–Kier alpha value is -1.92. The molecule has 0 aliphatic heterocycles. The Labute approximate surface area is 104 Å². The third kappa shape index (κ3) is 2.66. The zero-order valence-electron chi connectivity index (χ0n) is 10.1. The van der Waals surface area contributed by atoms with Crippen molar-refractivity contribution < 1.29 is 10.2 Å². The van der Waals surface area contributed by atoms with E-state index in [-0.39, 0.29) is 13.2 Å². The van der Waals surface area contributed by atoms with Crippen LogP contribution in [0, 0.1) is 0 Å². The molecule has 0 saturated heterocycles. The van der Waals surface area contributed by atoms with E-state index in [2.05, 4.69) is 15.3 Å². The molecule has 1 unspecified atom stereocenters. The predicted octanol–water partition coefficient (Wildman–Crippen LogP) is 0.367. The first-order valence-electron chi connectivity index (χ1n) is 5.59. The number of nitrogen functional groups attached to an aromatic ring is 1. The van der Waals surface area contributed by atoms with Crippen LogP contribution in [0.2, 0.25) is 0 Å². The maximum Gasteiger partial charge on any atom is 0.137 e. The highest BCUT2D eigenvalue weighted by molar-refractivity contribution is 5.91. The first-order valence-corrected chi connectivity index (χ1v) is 5.59. The van der Waals surface area contributed by atoms with Crippen molar-refractivity contribution in [1.82, 2.24) is 9.97 Å². The maximum absolute atomic E-state index is 9.73. The minimum absolute atomic E-state index is 0.185. The zero-order valence-corrected chi connectivity index (χ0v) is 10.1. The van der Waals surface area contributed by atoms with E-state index in [0.29, 0.717) is 11.5 Å². The smallest absolute Gasteiger partial charge is 0.137 e. The molecule has 0 aliphatic rings. The van der Waals surface area contributed by atoms with Gasteiger partial charge in [-0.1, -0.05) is 0 Å². The molecule has 6 nitrogen and oxygen atoms in total. The maximum atomic E-state index is 9.73. The molecule has 96 valence electrons. The molecule has 0 spiro atoms. The van der Waals surface area contributed by atoms with Crippen LogP contribution in [0.15, 0.2) is 24.5 Å². The molecule has 1 aromatic heterocycles. The highest BCUT2D eigenvalue weighted by atomic mass is 16.3. The van der Waals surface area contributed by atoms with Gasteiger partial charge in [-0.15, -0.1) is 0 Å². The number of aliphatic hydroxyl groups is 2. The lowest BCUT2D eigenvalue weighted by Gasteiger charge is -2.21. The molecule has 0 amide bonds. The Morgan fingerprint density at radius 3 is 2.89 bits per heavy atom. The molecule has 1 aromatic carbocycles. The molecule has 2 aromatic rings. The molecule has 2 rings (SSSR count). The third-order valence-electron chi connectivity index (χ3n) is 2.64. The van der Waals surface area contributed by atoms with Gasteiger partial charge in [-0.3, -0.25) is 0 Å². The number of hydrogen-bond donors (Lipinski definition) is 4. The Balaban J connectivity index is 2.30. The van der Waals surface area contributed by atoms with E-state index in [1.54, 1.807) is 12.1 Å². The Kier molecular flexibility index (Phi) is 3.31. The molecular formula is C12H16N4O2. The van der Waals surface area contributed by atoms with Crippen molar-refractivity contribution in [1.29, 1.82) is 0 Å². The summed E-state index contributed by atoms with van der Waals surface area (Å²) in [6.45, 7) is 1.40. The lowest BCUT2D eigenvalue weighted by atomic mass is 10.1.